The highest BCUT2D eigenvalue weighted by atomic mass is 32.1. The molecular formula is C26H34N8O2S. The van der Waals surface area contributed by atoms with Crippen LogP contribution in [0.1, 0.15) is 38.3 Å². The van der Waals surface area contributed by atoms with Gasteiger partial charge >= 0.3 is 6.01 Å². The number of thiazole rings is 1. The van der Waals surface area contributed by atoms with E-state index in [1.165, 1.54) is 11.3 Å². The number of nitrogens with one attached hydrogen (secondary N) is 1. The molecule has 3 fully saturated rings. The first kappa shape index (κ1) is 24.6. The van der Waals surface area contributed by atoms with E-state index < -0.39 is 0 Å². The summed E-state index contributed by atoms with van der Waals surface area (Å²) in [7, 11) is 0. The lowest BCUT2D eigenvalue weighted by Crippen LogP contribution is -2.47. The van der Waals surface area contributed by atoms with E-state index >= 15 is 0 Å². The van der Waals surface area contributed by atoms with Gasteiger partial charge in [-0.3, -0.25) is 9.88 Å². The van der Waals surface area contributed by atoms with Gasteiger partial charge in [0.05, 0.1) is 28.7 Å². The first-order valence-corrected chi connectivity index (χ1v) is 14.0. The van der Waals surface area contributed by atoms with E-state index in [1.54, 1.807) is 12.4 Å². The van der Waals surface area contributed by atoms with Crippen LogP contribution >= 0.6 is 11.3 Å². The molecule has 37 heavy (non-hydrogen) atoms. The number of ether oxygens (including phenoxy) is 2. The van der Waals surface area contributed by atoms with E-state index in [2.05, 4.69) is 47.0 Å². The van der Waals surface area contributed by atoms with Gasteiger partial charge in [0.2, 0.25) is 0 Å². The Labute approximate surface area is 221 Å². The first-order valence-electron chi connectivity index (χ1n) is 13.2. The largest absolute Gasteiger partial charge is 0.460 e. The molecule has 3 aromatic rings. The molecule has 3 aromatic heterocycles. The lowest BCUT2D eigenvalue weighted by Gasteiger charge is -2.49. The van der Waals surface area contributed by atoms with Gasteiger partial charge in [-0.25, -0.2) is 15.0 Å². The number of nitrogens with zero attached hydrogens (tertiary/aromatic N) is 7. The Balaban J connectivity index is 1.02. The molecule has 196 valence electrons. The van der Waals surface area contributed by atoms with Crippen LogP contribution in [0.15, 0.2) is 30.9 Å². The van der Waals surface area contributed by atoms with Crippen molar-refractivity contribution >= 4 is 22.3 Å². The SMILES string of the molecule is CCN1CCN(Cc2cnc(Nc3ncc(-c4ccnc(OC5CC6(CCOCC6)C5)n4)s3)cn2)CC1. The number of hydrogen-bond donors (Lipinski definition) is 1. The summed E-state index contributed by atoms with van der Waals surface area (Å²) in [4.78, 5) is 28.5. The molecule has 0 amide bonds. The van der Waals surface area contributed by atoms with Crippen LogP contribution in [0.3, 0.4) is 0 Å². The fourth-order valence-electron chi connectivity index (χ4n) is 5.44. The summed E-state index contributed by atoms with van der Waals surface area (Å²) in [6.07, 6.45) is 11.8. The van der Waals surface area contributed by atoms with E-state index in [1.807, 2.05) is 18.5 Å². The van der Waals surface area contributed by atoms with E-state index in [0.29, 0.717) is 17.2 Å². The van der Waals surface area contributed by atoms with Gasteiger partial charge in [0.25, 0.3) is 0 Å². The van der Waals surface area contributed by atoms with Crippen molar-refractivity contribution in [2.75, 3.05) is 51.3 Å². The van der Waals surface area contributed by atoms with Crippen LogP contribution in [0.5, 0.6) is 6.01 Å². The van der Waals surface area contributed by atoms with Crippen LogP contribution in [0, 0.1) is 5.41 Å². The summed E-state index contributed by atoms with van der Waals surface area (Å²) < 4.78 is 11.6. The maximum atomic E-state index is 6.10. The Morgan fingerprint density at radius 2 is 1.84 bits per heavy atom. The number of aromatic nitrogens is 5. The average molecular weight is 523 g/mol. The quantitative estimate of drug-likeness (QED) is 0.472. The molecule has 11 heteroatoms. The second-order valence-electron chi connectivity index (χ2n) is 10.2. The molecule has 1 saturated carbocycles. The molecule has 3 aliphatic rings. The van der Waals surface area contributed by atoms with Gasteiger partial charge < -0.3 is 19.7 Å². The normalized spacial score (nSPS) is 20.6. The van der Waals surface area contributed by atoms with Crippen molar-refractivity contribution < 1.29 is 9.47 Å². The molecule has 1 aliphatic carbocycles. The summed E-state index contributed by atoms with van der Waals surface area (Å²) in [6.45, 7) is 10.3. The lowest BCUT2D eigenvalue weighted by atomic mass is 9.62. The zero-order valence-corrected chi connectivity index (χ0v) is 22.1. The van der Waals surface area contributed by atoms with Crippen molar-refractivity contribution in [2.24, 2.45) is 5.41 Å². The molecule has 1 spiro atoms. The molecule has 0 aromatic carbocycles. The Morgan fingerprint density at radius 1 is 1.03 bits per heavy atom. The van der Waals surface area contributed by atoms with Crippen LogP contribution < -0.4 is 10.1 Å². The molecule has 2 aliphatic heterocycles. The van der Waals surface area contributed by atoms with Crippen molar-refractivity contribution in [3.63, 3.8) is 0 Å². The Morgan fingerprint density at radius 3 is 2.59 bits per heavy atom. The van der Waals surface area contributed by atoms with Crippen molar-refractivity contribution in [3.8, 4) is 16.6 Å². The summed E-state index contributed by atoms with van der Waals surface area (Å²) in [5, 5.41) is 4.01. The number of likely N-dealkylation sites (N-methyl/N-ethyl adjacent to an activating group) is 1. The number of anilines is 2. The Hall–Kier alpha value is -2.73. The third kappa shape index (κ3) is 5.90. The highest BCUT2D eigenvalue weighted by molar-refractivity contribution is 7.18. The van der Waals surface area contributed by atoms with Crippen LogP contribution in [0.2, 0.25) is 0 Å². The molecule has 10 nitrogen and oxygen atoms in total. The minimum absolute atomic E-state index is 0.189. The summed E-state index contributed by atoms with van der Waals surface area (Å²) in [5.41, 5.74) is 2.20. The molecule has 0 unspecified atom stereocenters. The zero-order valence-electron chi connectivity index (χ0n) is 21.3. The lowest BCUT2D eigenvalue weighted by molar-refractivity contribution is -0.0880. The Kier molecular flexibility index (Phi) is 7.27. The maximum Gasteiger partial charge on any atom is 0.317 e. The van der Waals surface area contributed by atoms with E-state index in [4.69, 9.17) is 9.47 Å². The molecule has 5 heterocycles. The van der Waals surface area contributed by atoms with Crippen molar-refractivity contribution in [1.29, 1.82) is 0 Å². The third-order valence-electron chi connectivity index (χ3n) is 7.78. The minimum Gasteiger partial charge on any atom is -0.460 e. The Bertz CT molecular complexity index is 1170. The van der Waals surface area contributed by atoms with Crippen molar-refractivity contribution in [1.82, 2.24) is 34.7 Å². The maximum absolute atomic E-state index is 6.10. The van der Waals surface area contributed by atoms with Crippen molar-refractivity contribution in [2.45, 2.75) is 45.3 Å². The molecular weight excluding hydrogens is 488 g/mol. The average Bonchev–Trinajstić information content (AvgIpc) is 3.39. The molecule has 0 atom stereocenters. The fraction of sp³-hybridized carbons (Fsp3) is 0.577. The molecule has 0 bridgehead atoms. The molecule has 1 N–H and O–H groups in total. The molecule has 6 rings (SSSR count). The predicted octanol–water partition coefficient (Wildman–Crippen LogP) is 3.61. The van der Waals surface area contributed by atoms with Crippen LogP contribution in [0.25, 0.3) is 10.6 Å². The van der Waals surface area contributed by atoms with Gasteiger partial charge in [-0.1, -0.05) is 18.3 Å². The second kappa shape index (κ2) is 10.9. The number of rotatable bonds is 8. The summed E-state index contributed by atoms with van der Waals surface area (Å²) in [5.74, 6) is 0.680. The van der Waals surface area contributed by atoms with Crippen molar-refractivity contribution in [3.05, 3.63) is 36.5 Å². The fourth-order valence-corrected chi connectivity index (χ4v) is 6.23. The smallest absolute Gasteiger partial charge is 0.317 e. The van der Waals surface area contributed by atoms with E-state index in [-0.39, 0.29) is 6.10 Å². The third-order valence-corrected chi connectivity index (χ3v) is 8.71. The van der Waals surface area contributed by atoms with E-state index in [9.17, 15) is 0 Å². The number of piperazine rings is 1. The van der Waals surface area contributed by atoms with Crippen LogP contribution in [-0.2, 0) is 11.3 Å². The monoisotopic (exact) mass is 522 g/mol. The first-order chi connectivity index (χ1) is 18.2. The van der Waals surface area contributed by atoms with Crippen LogP contribution in [0.4, 0.5) is 10.9 Å². The van der Waals surface area contributed by atoms with Gasteiger partial charge in [0, 0.05) is 58.3 Å². The van der Waals surface area contributed by atoms with Gasteiger partial charge in [0.1, 0.15) is 6.10 Å². The minimum atomic E-state index is 0.189. The highest BCUT2D eigenvalue weighted by Gasteiger charge is 2.46. The topological polar surface area (TPSA) is 101 Å². The van der Waals surface area contributed by atoms with Gasteiger partial charge in [-0.2, -0.15) is 4.98 Å². The number of hydrogen-bond acceptors (Lipinski definition) is 11. The molecule has 2 saturated heterocycles. The standard InChI is InChI=1S/C26H34N8O2S/c1-2-33-7-9-34(10-8-33)18-19-15-29-23(17-28-19)32-25-30-16-22(37-25)21-3-6-27-24(31-21)36-20-13-26(14-20)4-11-35-12-5-26/h3,6,15-17,20H,2,4-5,7-14,18H2,1H3,(H,29,30,32). The second-order valence-corrected chi connectivity index (χ2v) is 11.3. The van der Waals surface area contributed by atoms with Crippen LogP contribution in [-0.4, -0.2) is 86.8 Å². The molecule has 0 radical (unpaired) electrons. The predicted molar refractivity (Wildman–Crippen MR) is 142 cm³/mol. The summed E-state index contributed by atoms with van der Waals surface area (Å²) >= 11 is 1.52. The van der Waals surface area contributed by atoms with Gasteiger partial charge in [0.15, 0.2) is 10.9 Å². The van der Waals surface area contributed by atoms with E-state index in [0.717, 1.165) is 99.6 Å². The highest BCUT2D eigenvalue weighted by Crippen LogP contribution is 2.49. The zero-order chi connectivity index (χ0) is 25.1. The van der Waals surface area contributed by atoms with Gasteiger partial charge in [-0.15, -0.1) is 0 Å². The van der Waals surface area contributed by atoms with Gasteiger partial charge in [-0.05, 0) is 43.7 Å². The summed E-state index contributed by atoms with van der Waals surface area (Å²) in [6, 6.07) is 2.32.